The molecule has 2 amide bonds. The van der Waals surface area contributed by atoms with Crippen LogP contribution in [0.5, 0.6) is 0 Å². The Morgan fingerprint density at radius 2 is 0.654 bits per heavy atom. The molecule has 52 heavy (non-hydrogen) atoms. The van der Waals surface area contributed by atoms with E-state index in [1.54, 1.807) is 9.80 Å². The molecular formula is C46H44N2O4. The van der Waals surface area contributed by atoms with E-state index in [1.165, 1.54) is 0 Å². The Hall–Kier alpha value is -5.88. The summed E-state index contributed by atoms with van der Waals surface area (Å²) >= 11 is 0. The molecule has 2 heterocycles. The second kappa shape index (κ2) is 17.9. The average molecular weight is 689 g/mol. The molecule has 2 aliphatic rings. The van der Waals surface area contributed by atoms with Crippen LogP contribution in [0.2, 0.25) is 0 Å². The van der Waals surface area contributed by atoms with Gasteiger partial charge in [0, 0.05) is 61.3 Å². The number of unbranched alkanes of at least 4 members (excludes halogenated alkanes) is 3. The highest BCUT2D eigenvalue weighted by Gasteiger charge is 2.30. The van der Waals surface area contributed by atoms with E-state index in [4.69, 9.17) is 0 Å². The van der Waals surface area contributed by atoms with Crippen LogP contribution in [0.25, 0.3) is 24.3 Å². The van der Waals surface area contributed by atoms with Gasteiger partial charge in [-0.3, -0.25) is 19.2 Å². The van der Waals surface area contributed by atoms with Gasteiger partial charge in [0.05, 0.1) is 0 Å². The van der Waals surface area contributed by atoms with E-state index >= 15 is 0 Å². The second-order valence-electron chi connectivity index (χ2n) is 13.4. The number of amides is 2. The van der Waals surface area contributed by atoms with Crippen molar-refractivity contribution < 1.29 is 19.2 Å². The highest BCUT2D eigenvalue weighted by Crippen LogP contribution is 2.25. The van der Waals surface area contributed by atoms with Gasteiger partial charge in [-0.05, 0) is 59.4 Å². The van der Waals surface area contributed by atoms with E-state index < -0.39 is 0 Å². The maximum Gasteiger partial charge on any atom is 0.223 e. The summed E-state index contributed by atoms with van der Waals surface area (Å²) in [7, 11) is 0. The summed E-state index contributed by atoms with van der Waals surface area (Å²) < 4.78 is 0. The lowest BCUT2D eigenvalue weighted by Crippen LogP contribution is -2.41. The monoisotopic (exact) mass is 688 g/mol. The predicted molar refractivity (Wildman–Crippen MR) is 209 cm³/mol. The zero-order chi connectivity index (χ0) is 36.1. The van der Waals surface area contributed by atoms with Gasteiger partial charge in [-0.25, -0.2) is 0 Å². The number of Topliss-reactive ketones (excluding diaryl/α,β-unsaturated/α-hetero) is 2. The van der Waals surface area contributed by atoms with Gasteiger partial charge in [0.2, 0.25) is 11.8 Å². The number of hydrogen-bond donors (Lipinski definition) is 0. The number of rotatable bonds is 11. The van der Waals surface area contributed by atoms with Crippen LogP contribution in [0.4, 0.5) is 0 Å². The van der Waals surface area contributed by atoms with E-state index in [0.29, 0.717) is 48.0 Å². The van der Waals surface area contributed by atoms with Crippen molar-refractivity contribution in [3.63, 3.8) is 0 Å². The Balaban J connectivity index is 1.03. The number of carbonyl (C=O) groups excluding carboxylic acids is 4. The Morgan fingerprint density at radius 3 is 0.904 bits per heavy atom. The topological polar surface area (TPSA) is 74.8 Å². The van der Waals surface area contributed by atoms with Crippen molar-refractivity contribution in [2.24, 2.45) is 0 Å². The maximum atomic E-state index is 13.5. The number of hydrogen-bond acceptors (Lipinski definition) is 4. The molecule has 0 spiro atoms. The summed E-state index contributed by atoms with van der Waals surface area (Å²) in [5, 5.41) is 0. The maximum absolute atomic E-state index is 13.5. The molecule has 2 aliphatic heterocycles. The number of benzene rings is 4. The Kier molecular flexibility index (Phi) is 12.3. The van der Waals surface area contributed by atoms with Gasteiger partial charge in [0.15, 0.2) is 11.6 Å². The van der Waals surface area contributed by atoms with E-state index in [0.717, 1.165) is 35.1 Å². The summed E-state index contributed by atoms with van der Waals surface area (Å²) in [6.07, 6.45) is 11.4. The van der Waals surface area contributed by atoms with Crippen molar-refractivity contribution in [3.05, 3.63) is 166 Å². The molecule has 0 unspecified atom stereocenters. The first-order chi connectivity index (χ1) is 25.4. The smallest absolute Gasteiger partial charge is 0.223 e. The molecule has 2 saturated heterocycles. The first-order valence-electron chi connectivity index (χ1n) is 18.1. The molecule has 262 valence electrons. The number of nitrogens with zero attached hydrogens (tertiary/aromatic N) is 2. The molecule has 0 radical (unpaired) electrons. The van der Waals surface area contributed by atoms with Gasteiger partial charge >= 0.3 is 0 Å². The number of ketones is 2. The molecule has 0 aliphatic carbocycles. The lowest BCUT2D eigenvalue weighted by Gasteiger charge is -2.30. The molecule has 0 bridgehead atoms. The predicted octanol–water partition coefficient (Wildman–Crippen LogP) is 8.48. The summed E-state index contributed by atoms with van der Waals surface area (Å²) in [6.45, 7) is 1.14. The minimum Gasteiger partial charge on any atom is -0.334 e. The fourth-order valence-electron chi connectivity index (χ4n) is 6.66. The third-order valence-corrected chi connectivity index (χ3v) is 9.41. The van der Waals surface area contributed by atoms with Crippen LogP contribution in [0.1, 0.15) is 60.8 Å². The molecule has 6 heteroatoms. The molecule has 4 aromatic carbocycles. The van der Waals surface area contributed by atoms with Crippen molar-refractivity contribution in [1.29, 1.82) is 0 Å². The second-order valence-corrected chi connectivity index (χ2v) is 13.4. The highest BCUT2D eigenvalue weighted by molar-refractivity contribution is 6.16. The normalized spacial score (nSPS) is 18.1. The van der Waals surface area contributed by atoms with Crippen LogP contribution in [-0.2, 0) is 19.2 Å². The van der Waals surface area contributed by atoms with Crippen molar-refractivity contribution in [2.45, 2.75) is 38.5 Å². The third kappa shape index (κ3) is 9.88. The standard InChI is InChI=1S/C46H44N2O4/c49-43(47-31-39(27-35-17-7-3-8-18-35)45(51)40(32-47)28-36-19-9-4-10-20-36)25-15-1-2-16-26-44(50)48-33-41(29-37-21-11-5-12-22-37)46(52)42(34-48)30-38-23-13-6-14-24-38/h3-14,17-24,27-30H,1-2,15-16,25-26,31-34H2/b39-27+,40-28+,41-29+,42-30+. The van der Waals surface area contributed by atoms with Crippen molar-refractivity contribution in [1.82, 2.24) is 9.80 Å². The van der Waals surface area contributed by atoms with Gasteiger partial charge in [-0.1, -0.05) is 134 Å². The molecule has 0 N–H and O–H groups in total. The highest BCUT2D eigenvalue weighted by atomic mass is 16.2. The minimum atomic E-state index is -0.0233. The first kappa shape index (κ1) is 35.9. The van der Waals surface area contributed by atoms with Crippen LogP contribution in [0.15, 0.2) is 144 Å². The van der Waals surface area contributed by atoms with Gasteiger partial charge in [0.25, 0.3) is 0 Å². The van der Waals surface area contributed by atoms with Crippen molar-refractivity contribution >= 4 is 47.7 Å². The molecule has 4 aromatic rings. The largest absolute Gasteiger partial charge is 0.334 e. The van der Waals surface area contributed by atoms with Gasteiger partial charge < -0.3 is 9.80 Å². The molecule has 6 rings (SSSR count). The average Bonchev–Trinajstić information content (AvgIpc) is 3.17. The fraction of sp³-hybridized carbons (Fsp3) is 0.217. The van der Waals surface area contributed by atoms with Crippen molar-refractivity contribution in [3.8, 4) is 0 Å². The molecule has 0 saturated carbocycles. The number of piperidine rings is 2. The number of likely N-dealkylation sites (tertiary alicyclic amines) is 2. The van der Waals surface area contributed by atoms with Crippen LogP contribution in [0.3, 0.4) is 0 Å². The fourth-order valence-corrected chi connectivity index (χ4v) is 6.66. The first-order valence-corrected chi connectivity index (χ1v) is 18.1. The van der Waals surface area contributed by atoms with Crippen LogP contribution < -0.4 is 0 Å². The molecular weight excluding hydrogens is 645 g/mol. The molecule has 2 fully saturated rings. The van der Waals surface area contributed by atoms with Crippen LogP contribution >= 0.6 is 0 Å². The van der Waals surface area contributed by atoms with Crippen molar-refractivity contribution in [2.75, 3.05) is 26.2 Å². The minimum absolute atomic E-state index is 0.0231. The summed E-state index contributed by atoms with van der Waals surface area (Å²) in [5.74, 6) is -0.000374. The zero-order valence-electron chi connectivity index (χ0n) is 29.5. The van der Waals surface area contributed by atoms with Crippen LogP contribution in [0, 0.1) is 0 Å². The van der Waals surface area contributed by atoms with Crippen LogP contribution in [-0.4, -0.2) is 59.4 Å². The summed E-state index contributed by atoms with van der Waals surface area (Å²) in [4.78, 5) is 57.5. The lowest BCUT2D eigenvalue weighted by molar-refractivity contribution is -0.132. The SMILES string of the molecule is O=C1/C(=C/c2ccccc2)CN(C(=O)CCCCCCC(=O)N2C/C(=C\c3ccccc3)C(=O)/C(=C/c3ccccc3)C2)C/C1=C\c1ccccc1. The summed E-state index contributed by atoms with van der Waals surface area (Å²) in [5.41, 5.74) is 6.13. The van der Waals surface area contributed by atoms with E-state index in [-0.39, 0.29) is 49.6 Å². The third-order valence-electron chi connectivity index (χ3n) is 9.41. The molecule has 0 atom stereocenters. The Morgan fingerprint density at radius 1 is 0.404 bits per heavy atom. The van der Waals surface area contributed by atoms with E-state index in [1.807, 2.05) is 146 Å². The Labute approximate surface area is 306 Å². The Bertz CT molecular complexity index is 1720. The summed E-state index contributed by atoms with van der Waals surface area (Å²) in [6, 6.07) is 38.9. The lowest BCUT2D eigenvalue weighted by atomic mass is 9.93. The van der Waals surface area contributed by atoms with E-state index in [9.17, 15) is 19.2 Å². The van der Waals surface area contributed by atoms with Gasteiger partial charge in [-0.2, -0.15) is 0 Å². The quantitative estimate of drug-likeness (QED) is 0.117. The van der Waals surface area contributed by atoms with Gasteiger partial charge in [0.1, 0.15) is 0 Å². The zero-order valence-corrected chi connectivity index (χ0v) is 29.5. The molecule has 0 aromatic heterocycles. The molecule has 6 nitrogen and oxygen atoms in total. The van der Waals surface area contributed by atoms with Gasteiger partial charge in [-0.15, -0.1) is 0 Å². The number of carbonyl (C=O) groups is 4. The van der Waals surface area contributed by atoms with E-state index in [2.05, 4.69) is 0 Å².